The molecule has 0 aromatic heterocycles. The van der Waals surface area contributed by atoms with Gasteiger partial charge in [-0.25, -0.2) is 14.4 Å². The van der Waals surface area contributed by atoms with E-state index in [4.69, 9.17) is 23.7 Å². The first-order valence-corrected chi connectivity index (χ1v) is 19.5. The molecule has 1 saturated heterocycles. The van der Waals surface area contributed by atoms with Gasteiger partial charge in [0, 0.05) is 30.8 Å². The number of amides is 1. The fourth-order valence-corrected chi connectivity index (χ4v) is 9.32. The van der Waals surface area contributed by atoms with E-state index in [0.717, 1.165) is 6.92 Å². The van der Waals surface area contributed by atoms with Gasteiger partial charge in [0.15, 0.2) is 17.5 Å². The average molecular weight is 812 g/mol. The first kappa shape index (κ1) is 44.7. The van der Waals surface area contributed by atoms with Gasteiger partial charge in [-0.15, -0.1) is 0 Å². The molecule has 0 spiro atoms. The highest BCUT2D eigenvalue weighted by atomic mass is 16.6. The molecule has 1 amide bonds. The Morgan fingerprint density at radius 3 is 2.22 bits per heavy atom. The summed E-state index contributed by atoms with van der Waals surface area (Å²) in [7, 11) is 0. The van der Waals surface area contributed by atoms with Crippen molar-refractivity contribution < 1.29 is 68.1 Å². The maximum absolute atomic E-state index is 14.9. The predicted octanol–water partition coefficient (Wildman–Crippen LogP) is 3.47. The quantitative estimate of drug-likeness (QED) is 0.0792. The summed E-state index contributed by atoms with van der Waals surface area (Å²) >= 11 is 0. The van der Waals surface area contributed by atoms with E-state index in [9.17, 15) is 44.4 Å². The summed E-state index contributed by atoms with van der Waals surface area (Å²) in [6, 6.07) is 6.77. The van der Waals surface area contributed by atoms with Gasteiger partial charge in [-0.2, -0.15) is 0 Å². The molecular weight excluding hydrogens is 754 g/mol. The van der Waals surface area contributed by atoms with Gasteiger partial charge in [0.25, 0.3) is 0 Å². The zero-order valence-electron chi connectivity index (χ0n) is 34.7. The zero-order valence-corrected chi connectivity index (χ0v) is 34.7. The number of aliphatic hydroxyl groups is 4. The molecule has 2 saturated carbocycles. The lowest BCUT2D eigenvalue weighted by molar-refractivity contribution is -0.347. The van der Waals surface area contributed by atoms with Crippen LogP contribution in [0.15, 0.2) is 65.3 Å². The molecule has 4 aliphatic rings. The van der Waals surface area contributed by atoms with E-state index in [-0.39, 0.29) is 29.7 Å². The SMILES string of the molecule is C/C=C\C=C(/C)C(=O)O[C@H]1C2[C@](C)(C(=O)[C@H](O)C3=C(C)[C@@H](OC(=O)[C@H](O)C(NC(=O)OC(C)(C)C)c4ccccc4)C[C@]1(O)C3(C)C)[C@@H](O)C[C@H]1OC[C@@]21OC(C)=O. The molecule has 3 aliphatic carbocycles. The highest BCUT2D eigenvalue weighted by Crippen LogP contribution is 2.64. The van der Waals surface area contributed by atoms with Crippen LogP contribution in [-0.2, 0) is 42.9 Å². The number of alkyl carbamates (subject to hydrolysis) is 1. The van der Waals surface area contributed by atoms with E-state index in [2.05, 4.69) is 5.32 Å². The number of carbonyl (C=O) groups excluding carboxylic acids is 5. The molecule has 15 heteroatoms. The summed E-state index contributed by atoms with van der Waals surface area (Å²) in [6.07, 6.45) is -6.69. The second-order valence-corrected chi connectivity index (χ2v) is 17.6. The number of nitrogens with one attached hydrogen (secondary N) is 1. The van der Waals surface area contributed by atoms with Crippen molar-refractivity contribution in [3.63, 3.8) is 0 Å². The van der Waals surface area contributed by atoms with Crippen molar-refractivity contribution in [3.8, 4) is 0 Å². The lowest BCUT2D eigenvalue weighted by Crippen LogP contribution is -2.81. The van der Waals surface area contributed by atoms with E-state index in [1.807, 2.05) is 0 Å². The maximum Gasteiger partial charge on any atom is 0.408 e. The van der Waals surface area contributed by atoms with E-state index in [0.29, 0.717) is 5.56 Å². The first-order chi connectivity index (χ1) is 26.9. The fraction of sp³-hybridized carbons (Fsp3) is 0.605. The van der Waals surface area contributed by atoms with Crippen molar-refractivity contribution in [2.45, 2.75) is 142 Å². The number of benzene rings is 1. The molecule has 1 aromatic rings. The monoisotopic (exact) mass is 811 g/mol. The molecule has 3 fully saturated rings. The van der Waals surface area contributed by atoms with E-state index < -0.39 is 112 Å². The summed E-state index contributed by atoms with van der Waals surface area (Å²) < 4.78 is 29.5. The van der Waals surface area contributed by atoms with Gasteiger partial charge in [0.1, 0.15) is 35.6 Å². The molecule has 5 rings (SSSR count). The number of fused-ring (bicyclic) bond motifs is 5. The molecule has 1 aliphatic heterocycles. The lowest BCUT2D eigenvalue weighted by atomic mass is 9.44. The molecule has 15 nitrogen and oxygen atoms in total. The highest BCUT2D eigenvalue weighted by Gasteiger charge is 2.78. The summed E-state index contributed by atoms with van der Waals surface area (Å²) in [5.41, 5.74) is -8.09. The number of hydrogen-bond acceptors (Lipinski definition) is 14. The Morgan fingerprint density at radius 2 is 1.67 bits per heavy atom. The minimum Gasteiger partial charge on any atom is -0.456 e. The van der Waals surface area contributed by atoms with Crippen LogP contribution < -0.4 is 5.32 Å². The molecule has 318 valence electrons. The van der Waals surface area contributed by atoms with Crippen LogP contribution in [0.2, 0.25) is 0 Å². The smallest absolute Gasteiger partial charge is 0.408 e. The van der Waals surface area contributed by atoms with Crippen LogP contribution >= 0.6 is 0 Å². The normalized spacial score (nSPS) is 34.2. The zero-order chi connectivity index (χ0) is 43.3. The highest BCUT2D eigenvalue weighted by molar-refractivity contribution is 5.94. The van der Waals surface area contributed by atoms with Gasteiger partial charge in [-0.3, -0.25) is 9.59 Å². The molecule has 1 aromatic carbocycles. The number of Topliss-reactive ketones (excluding diaryl/α,β-unsaturated/α-hetero) is 1. The van der Waals surface area contributed by atoms with Crippen molar-refractivity contribution in [1.82, 2.24) is 5.32 Å². The standard InChI is InChI=1S/C43H57NO14/c1-11-12-16-22(2)36(50)56-35-33-41(10,27(46)19-28-42(33,21-54-28)57-24(4)45)34(49)31(47)29-23(3)26(20-43(35,53)40(29,8)9)55-37(51)32(48)30(25-17-14-13-15-18-25)44-38(52)58-39(5,6)7/h11-18,26-28,30-33,35,46-48,53H,19-21H2,1-10H3,(H,44,52)/b12-11-,22-16+/t26-,27-,28+,30?,31+,32+,33?,35-,41+,42-,43+/m0/s1. The minimum atomic E-state index is -2.35. The largest absolute Gasteiger partial charge is 0.456 e. The molecule has 58 heavy (non-hydrogen) atoms. The Kier molecular flexibility index (Phi) is 12.3. The van der Waals surface area contributed by atoms with Gasteiger partial charge < -0.3 is 49.4 Å². The molecular formula is C43H57NO14. The Bertz CT molecular complexity index is 1900. The predicted molar refractivity (Wildman–Crippen MR) is 206 cm³/mol. The van der Waals surface area contributed by atoms with Crippen molar-refractivity contribution in [1.29, 1.82) is 0 Å². The van der Waals surface area contributed by atoms with Crippen LogP contribution in [0.3, 0.4) is 0 Å². The van der Waals surface area contributed by atoms with E-state index in [1.165, 1.54) is 26.8 Å². The molecule has 1 heterocycles. The van der Waals surface area contributed by atoms with Crippen molar-refractivity contribution in [2.24, 2.45) is 16.7 Å². The van der Waals surface area contributed by atoms with Gasteiger partial charge in [0.2, 0.25) is 0 Å². The maximum atomic E-state index is 14.9. The lowest BCUT2D eigenvalue weighted by Gasteiger charge is -2.67. The van der Waals surface area contributed by atoms with E-state index >= 15 is 0 Å². The molecule has 5 N–H and O–H groups in total. The van der Waals surface area contributed by atoms with Crippen LogP contribution in [0.5, 0.6) is 0 Å². The van der Waals surface area contributed by atoms with Crippen molar-refractivity contribution in [2.75, 3.05) is 6.61 Å². The Labute approximate surface area is 338 Å². The van der Waals surface area contributed by atoms with Gasteiger partial charge in [-0.1, -0.05) is 62.4 Å². The minimum absolute atomic E-state index is 0.0624. The third-order valence-electron chi connectivity index (χ3n) is 12.4. The van der Waals surface area contributed by atoms with Crippen LogP contribution in [0.1, 0.15) is 93.7 Å². The van der Waals surface area contributed by atoms with Crippen molar-refractivity contribution in [3.05, 3.63) is 70.8 Å². The first-order valence-electron chi connectivity index (χ1n) is 19.5. The third kappa shape index (κ3) is 7.63. The van der Waals surface area contributed by atoms with Gasteiger partial charge >= 0.3 is 24.0 Å². The Hall–Kier alpha value is -4.41. The molecule has 11 atom stereocenters. The summed E-state index contributed by atoms with van der Waals surface area (Å²) in [6.45, 7) is 15.0. The third-order valence-corrected chi connectivity index (χ3v) is 12.4. The topological polar surface area (TPSA) is 224 Å². The fourth-order valence-electron chi connectivity index (χ4n) is 9.32. The van der Waals surface area contributed by atoms with E-state index in [1.54, 1.807) is 84.0 Å². The Morgan fingerprint density at radius 1 is 1.03 bits per heavy atom. The number of hydrogen-bond donors (Lipinski definition) is 5. The van der Waals surface area contributed by atoms with Gasteiger partial charge in [-0.05, 0) is 65.2 Å². The van der Waals surface area contributed by atoms with Crippen LogP contribution in [0.25, 0.3) is 0 Å². The number of allylic oxidation sites excluding steroid dienone is 3. The molecule has 0 radical (unpaired) electrons. The van der Waals surface area contributed by atoms with Crippen LogP contribution in [0, 0.1) is 16.7 Å². The summed E-state index contributed by atoms with van der Waals surface area (Å²) in [5.74, 6) is -5.34. The summed E-state index contributed by atoms with van der Waals surface area (Å²) in [4.78, 5) is 68.8. The van der Waals surface area contributed by atoms with Crippen LogP contribution in [0.4, 0.5) is 4.79 Å². The Balaban J connectivity index is 1.67. The van der Waals surface area contributed by atoms with Crippen molar-refractivity contribution >= 4 is 29.8 Å². The molecule has 2 unspecified atom stereocenters. The summed E-state index contributed by atoms with van der Waals surface area (Å²) in [5, 5.41) is 51.5. The number of esters is 3. The number of aliphatic hydroxyl groups excluding tert-OH is 3. The number of ether oxygens (including phenoxy) is 5. The second-order valence-electron chi connectivity index (χ2n) is 17.6. The second kappa shape index (κ2) is 16.0. The number of carbonyl (C=O) groups is 5. The van der Waals surface area contributed by atoms with Crippen LogP contribution in [-0.4, -0.2) is 110 Å². The number of rotatable bonds is 9. The molecule has 2 bridgehead atoms. The average Bonchev–Trinajstić information content (AvgIpc) is 3.13. The number of ketones is 1. The van der Waals surface area contributed by atoms with Gasteiger partial charge in [0.05, 0.1) is 30.1 Å².